The zero-order valence-electron chi connectivity index (χ0n) is 15.7. The minimum Gasteiger partial charge on any atom is -0.475 e. The number of alkyl halides is 3. The molecule has 10 heteroatoms. The Morgan fingerprint density at radius 3 is 2.64 bits per heavy atom. The van der Waals surface area contributed by atoms with Crippen LogP contribution in [0, 0.1) is 0 Å². The number of fused-ring (bicyclic) bond motifs is 1. The molecule has 0 fully saturated rings. The van der Waals surface area contributed by atoms with Gasteiger partial charge in [-0.2, -0.15) is 13.2 Å². The SMILES string of the molecule is CCOCC1c2c(ncn2C)CCN1Cc1ccccn1.O=C(O)C(F)(F)F. The highest BCUT2D eigenvalue weighted by Crippen LogP contribution is 2.30. The first-order chi connectivity index (χ1) is 13.2. The van der Waals surface area contributed by atoms with E-state index in [4.69, 9.17) is 14.6 Å². The molecule has 1 atom stereocenters. The van der Waals surface area contributed by atoms with Crippen LogP contribution in [0.3, 0.4) is 0 Å². The third kappa shape index (κ3) is 5.77. The van der Waals surface area contributed by atoms with Crippen LogP contribution < -0.4 is 0 Å². The molecular formula is C18H23F3N4O3. The molecule has 28 heavy (non-hydrogen) atoms. The van der Waals surface area contributed by atoms with Crippen molar-refractivity contribution >= 4 is 5.97 Å². The molecule has 0 saturated carbocycles. The number of imidazole rings is 1. The highest BCUT2D eigenvalue weighted by molar-refractivity contribution is 5.73. The number of ether oxygens (including phenoxy) is 1. The molecule has 1 aliphatic heterocycles. The second-order valence-corrected chi connectivity index (χ2v) is 6.21. The molecule has 1 unspecified atom stereocenters. The zero-order valence-corrected chi connectivity index (χ0v) is 15.7. The lowest BCUT2D eigenvalue weighted by Crippen LogP contribution is -2.38. The van der Waals surface area contributed by atoms with Gasteiger partial charge in [-0.1, -0.05) is 6.07 Å². The quantitative estimate of drug-likeness (QED) is 0.831. The second kappa shape index (κ2) is 9.65. The summed E-state index contributed by atoms with van der Waals surface area (Å²) in [6, 6.07) is 6.33. The molecule has 7 nitrogen and oxygen atoms in total. The Bertz CT molecular complexity index is 765. The van der Waals surface area contributed by atoms with Crippen molar-refractivity contribution < 1.29 is 27.8 Å². The van der Waals surface area contributed by atoms with Crippen LogP contribution >= 0.6 is 0 Å². The van der Waals surface area contributed by atoms with Gasteiger partial charge in [-0.15, -0.1) is 0 Å². The van der Waals surface area contributed by atoms with Gasteiger partial charge in [-0.25, -0.2) is 9.78 Å². The van der Waals surface area contributed by atoms with Crippen molar-refractivity contribution in [2.45, 2.75) is 32.1 Å². The van der Waals surface area contributed by atoms with Crippen molar-refractivity contribution in [2.24, 2.45) is 7.05 Å². The van der Waals surface area contributed by atoms with Crippen LogP contribution in [0.2, 0.25) is 0 Å². The van der Waals surface area contributed by atoms with E-state index in [1.807, 2.05) is 31.6 Å². The van der Waals surface area contributed by atoms with E-state index >= 15 is 0 Å². The maximum atomic E-state index is 10.6. The van der Waals surface area contributed by atoms with Crippen LogP contribution in [0.15, 0.2) is 30.7 Å². The van der Waals surface area contributed by atoms with Crippen molar-refractivity contribution in [1.82, 2.24) is 19.4 Å². The predicted octanol–water partition coefficient (Wildman–Crippen LogP) is 2.58. The Balaban J connectivity index is 0.000000345. The molecule has 0 amide bonds. The molecule has 2 aromatic rings. The Morgan fingerprint density at radius 1 is 1.36 bits per heavy atom. The van der Waals surface area contributed by atoms with Crippen molar-refractivity contribution in [3.05, 3.63) is 47.8 Å². The first kappa shape index (κ1) is 21.8. The molecule has 154 valence electrons. The first-order valence-electron chi connectivity index (χ1n) is 8.76. The van der Waals surface area contributed by atoms with Gasteiger partial charge in [0.05, 0.1) is 36.1 Å². The predicted molar refractivity (Wildman–Crippen MR) is 94.5 cm³/mol. The molecule has 3 heterocycles. The van der Waals surface area contributed by atoms with E-state index in [2.05, 4.69) is 32.5 Å². The minimum atomic E-state index is -5.08. The van der Waals surface area contributed by atoms with Crippen LogP contribution in [0.4, 0.5) is 13.2 Å². The summed E-state index contributed by atoms with van der Waals surface area (Å²) in [6.45, 7) is 5.33. The van der Waals surface area contributed by atoms with Gasteiger partial charge in [-0.3, -0.25) is 9.88 Å². The summed E-state index contributed by atoms with van der Waals surface area (Å²) in [5.41, 5.74) is 3.59. The highest BCUT2D eigenvalue weighted by atomic mass is 19.4. The molecule has 0 spiro atoms. The number of halogens is 3. The van der Waals surface area contributed by atoms with Crippen LogP contribution in [-0.4, -0.2) is 56.4 Å². The Kier molecular flexibility index (Phi) is 7.53. The number of hydrogen-bond acceptors (Lipinski definition) is 5. The van der Waals surface area contributed by atoms with Crippen LogP contribution in [0.1, 0.15) is 30.0 Å². The number of carboxylic acids is 1. The van der Waals surface area contributed by atoms with Crippen LogP contribution in [-0.2, 0) is 29.5 Å². The van der Waals surface area contributed by atoms with E-state index < -0.39 is 12.1 Å². The molecule has 2 aromatic heterocycles. The monoisotopic (exact) mass is 400 g/mol. The number of pyridine rings is 1. The van der Waals surface area contributed by atoms with Gasteiger partial charge in [0.2, 0.25) is 0 Å². The standard InChI is InChI=1S/C16H22N4O.C2HF3O2/c1-3-21-11-15-16-14(18-12-19(16)2)7-9-20(15)10-13-6-4-5-8-17-13;3-2(4,5)1(6)7/h4-6,8,12,15H,3,7,9-11H2,1-2H3;(H,6,7). The van der Waals surface area contributed by atoms with E-state index in [1.54, 1.807) is 0 Å². The van der Waals surface area contributed by atoms with Gasteiger partial charge >= 0.3 is 12.1 Å². The van der Waals surface area contributed by atoms with Gasteiger partial charge in [0, 0.05) is 39.4 Å². The highest BCUT2D eigenvalue weighted by Gasteiger charge is 2.38. The van der Waals surface area contributed by atoms with Crippen LogP contribution in [0.5, 0.6) is 0 Å². The van der Waals surface area contributed by atoms with Crippen molar-refractivity contribution in [3.8, 4) is 0 Å². The van der Waals surface area contributed by atoms with E-state index in [0.717, 1.165) is 31.8 Å². The number of aliphatic carboxylic acids is 1. The van der Waals surface area contributed by atoms with Gasteiger partial charge < -0.3 is 14.4 Å². The Morgan fingerprint density at radius 2 is 2.07 bits per heavy atom. The number of carbonyl (C=O) groups is 1. The Labute approximate surface area is 160 Å². The lowest BCUT2D eigenvalue weighted by atomic mass is 10.0. The van der Waals surface area contributed by atoms with E-state index in [-0.39, 0.29) is 6.04 Å². The van der Waals surface area contributed by atoms with Crippen molar-refractivity contribution in [3.63, 3.8) is 0 Å². The van der Waals surface area contributed by atoms with Gasteiger partial charge in [0.15, 0.2) is 0 Å². The number of carboxylic acid groups (broad SMARTS) is 1. The number of nitrogens with zero attached hydrogens (tertiary/aromatic N) is 4. The van der Waals surface area contributed by atoms with Gasteiger partial charge in [-0.05, 0) is 19.1 Å². The molecule has 0 bridgehead atoms. The largest absolute Gasteiger partial charge is 0.490 e. The molecule has 1 N–H and O–H groups in total. The summed E-state index contributed by atoms with van der Waals surface area (Å²) in [7, 11) is 2.06. The molecular weight excluding hydrogens is 377 g/mol. The summed E-state index contributed by atoms with van der Waals surface area (Å²) in [4.78, 5) is 20.3. The summed E-state index contributed by atoms with van der Waals surface area (Å²) in [6.07, 6.45) is -0.328. The summed E-state index contributed by atoms with van der Waals surface area (Å²) < 4.78 is 39.6. The van der Waals surface area contributed by atoms with E-state index in [9.17, 15) is 13.2 Å². The molecule has 0 aromatic carbocycles. The fraction of sp³-hybridized carbons (Fsp3) is 0.500. The first-order valence-corrected chi connectivity index (χ1v) is 8.76. The maximum absolute atomic E-state index is 10.6. The smallest absolute Gasteiger partial charge is 0.475 e. The molecule has 3 rings (SSSR count). The summed E-state index contributed by atoms with van der Waals surface area (Å²) >= 11 is 0. The van der Waals surface area contributed by atoms with Gasteiger partial charge in [0.1, 0.15) is 0 Å². The summed E-state index contributed by atoms with van der Waals surface area (Å²) in [5, 5.41) is 7.12. The second-order valence-electron chi connectivity index (χ2n) is 6.21. The van der Waals surface area contributed by atoms with Crippen molar-refractivity contribution in [1.29, 1.82) is 0 Å². The van der Waals surface area contributed by atoms with Gasteiger partial charge in [0.25, 0.3) is 0 Å². The average molecular weight is 400 g/mol. The third-order valence-electron chi connectivity index (χ3n) is 4.27. The van der Waals surface area contributed by atoms with Crippen molar-refractivity contribution in [2.75, 3.05) is 19.8 Å². The maximum Gasteiger partial charge on any atom is 0.490 e. The zero-order chi connectivity index (χ0) is 20.7. The topological polar surface area (TPSA) is 80.5 Å². The Hall–Kier alpha value is -2.46. The number of hydrogen-bond donors (Lipinski definition) is 1. The fourth-order valence-electron chi connectivity index (χ4n) is 2.99. The lowest BCUT2D eigenvalue weighted by molar-refractivity contribution is -0.192. The average Bonchev–Trinajstić information content (AvgIpc) is 3.03. The number of rotatable bonds is 5. The minimum absolute atomic E-state index is 0.253. The normalized spacial score (nSPS) is 16.8. The molecule has 0 saturated heterocycles. The molecule has 0 aliphatic carbocycles. The lowest BCUT2D eigenvalue weighted by Gasteiger charge is -2.35. The molecule has 0 radical (unpaired) electrons. The van der Waals surface area contributed by atoms with Crippen LogP contribution in [0.25, 0.3) is 0 Å². The number of aromatic nitrogens is 3. The molecule has 1 aliphatic rings. The van der Waals surface area contributed by atoms with E-state index in [1.165, 1.54) is 11.4 Å². The number of aryl methyl sites for hydroxylation is 1. The third-order valence-corrected chi connectivity index (χ3v) is 4.27. The van der Waals surface area contributed by atoms with E-state index in [0.29, 0.717) is 6.61 Å². The summed E-state index contributed by atoms with van der Waals surface area (Å²) in [5.74, 6) is -2.76. The fourth-order valence-corrected chi connectivity index (χ4v) is 2.99.